The minimum Gasteiger partial charge on any atom is -0.360 e. The molecule has 1 aromatic heterocycles. The highest BCUT2D eigenvalue weighted by Gasteiger charge is 2.26. The molecule has 2 N–H and O–H groups in total. The molecule has 4 aromatic rings. The van der Waals surface area contributed by atoms with Crippen LogP contribution in [0.25, 0.3) is 0 Å². The molecule has 0 atom stereocenters. The Hall–Kier alpha value is -4.26. The molecule has 154 valence electrons. The van der Waals surface area contributed by atoms with E-state index in [4.69, 9.17) is 0 Å². The van der Waals surface area contributed by atoms with Crippen molar-refractivity contribution in [2.45, 2.75) is 12.6 Å². The molecule has 0 radical (unpaired) electrons. The first-order chi connectivity index (χ1) is 15.2. The quantitative estimate of drug-likeness (QED) is 0.306. The van der Waals surface area contributed by atoms with Gasteiger partial charge < -0.3 is 10.6 Å². The van der Waals surface area contributed by atoms with Crippen LogP contribution in [0.1, 0.15) is 22.7 Å². The highest BCUT2D eigenvalue weighted by molar-refractivity contribution is 5.70. The monoisotopic (exact) mass is 411 g/mol. The van der Waals surface area contributed by atoms with Crippen molar-refractivity contribution in [1.82, 2.24) is 9.97 Å². The number of aromatic nitrogens is 2. The van der Waals surface area contributed by atoms with E-state index in [2.05, 4.69) is 20.6 Å². The molecule has 0 bridgehead atoms. The first kappa shape index (κ1) is 20.0. The van der Waals surface area contributed by atoms with Crippen molar-refractivity contribution in [1.29, 1.82) is 0 Å². The van der Waals surface area contributed by atoms with Gasteiger partial charge in [0.25, 0.3) is 0 Å². The molecule has 7 heteroatoms. The molecule has 4 rings (SSSR count). The van der Waals surface area contributed by atoms with Crippen molar-refractivity contribution < 1.29 is 4.92 Å². The zero-order valence-electron chi connectivity index (χ0n) is 16.7. The van der Waals surface area contributed by atoms with E-state index in [1.807, 2.05) is 91.0 Å². The summed E-state index contributed by atoms with van der Waals surface area (Å²) in [6.07, 6.45) is 1.33. The summed E-state index contributed by atoms with van der Waals surface area (Å²) in [6.45, 7) is 0.416. The number of anilines is 2. The minimum absolute atomic E-state index is 0.160. The van der Waals surface area contributed by atoms with Crippen molar-refractivity contribution in [3.8, 4) is 0 Å². The highest BCUT2D eigenvalue weighted by Crippen LogP contribution is 2.34. The Morgan fingerprint density at radius 1 is 0.774 bits per heavy atom. The molecular formula is C24H21N5O2. The second-order valence-corrected chi connectivity index (χ2v) is 6.91. The first-order valence-corrected chi connectivity index (χ1v) is 9.86. The van der Waals surface area contributed by atoms with Gasteiger partial charge in [-0.05, 0) is 16.7 Å². The maximum absolute atomic E-state index is 12.0. The fraction of sp³-hybridized carbons (Fsp3) is 0.0833. The average molecular weight is 411 g/mol. The van der Waals surface area contributed by atoms with Crippen LogP contribution in [0.3, 0.4) is 0 Å². The Balaban J connectivity index is 1.68. The van der Waals surface area contributed by atoms with Gasteiger partial charge in [0.1, 0.15) is 6.33 Å². The standard InChI is InChI=1S/C24H21N5O2/c30-29(31)22-23(25-16-18-10-4-1-5-11-18)26-17-27-24(22)28-21(19-12-6-2-7-13-19)20-14-8-3-9-15-20/h1-15,17,21H,16H2,(H2,25,26,27,28). The summed E-state index contributed by atoms with van der Waals surface area (Å²) in [7, 11) is 0. The van der Waals surface area contributed by atoms with E-state index in [-0.39, 0.29) is 23.4 Å². The largest absolute Gasteiger partial charge is 0.360 e. The maximum Gasteiger partial charge on any atom is 0.353 e. The van der Waals surface area contributed by atoms with Gasteiger partial charge in [0, 0.05) is 6.54 Å². The topological polar surface area (TPSA) is 93.0 Å². The first-order valence-electron chi connectivity index (χ1n) is 9.86. The van der Waals surface area contributed by atoms with E-state index in [0.717, 1.165) is 16.7 Å². The lowest BCUT2D eigenvalue weighted by Gasteiger charge is -2.20. The summed E-state index contributed by atoms with van der Waals surface area (Å²) in [5, 5.41) is 18.3. The van der Waals surface area contributed by atoms with Crippen LogP contribution in [-0.4, -0.2) is 14.9 Å². The Morgan fingerprint density at radius 3 is 1.84 bits per heavy atom. The molecule has 0 unspecified atom stereocenters. The Bertz CT molecular complexity index is 1100. The van der Waals surface area contributed by atoms with Crippen LogP contribution in [-0.2, 0) is 6.54 Å². The lowest BCUT2D eigenvalue weighted by molar-refractivity contribution is -0.383. The van der Waals surface area contributed by atoms with Crippen LogP contribution in [0.2, 0.25) is 0 Å². The second kappa shape index (κ2) is 9.49. The second-order valence-electron chi connectivity index (χ2n) is 6.91. The summed E-state index contributed by atoms with van der Waals surface area (Å²) in [4.78, 5) is 19.8. The summed E-state index contributed by atoms with van der Waals surface area (Å²) in [5.41, 5.74) is 2.76. The van der Waals surface area contributed by atoms with Gasteiger partial charge in [0.05, 0.1) is 11.0 Å². The third-order valence-electron chi connectivity index (χ3n) is 4.85. The van der Waals surface area contributed by atoms with Gasteiger partial charge in [-0.1, -0.05) is 91.0 Å². The Kier molecular flexibility index (Phi) is 6.13. The Labute approximate surface area is 180 Å². The smallest absolute Gasteiger partial charge is 0.353 e. The normalized spacial score (nSPS) is 10.6. The summed E-state index contributed by atoms with van der Waals surface area (Å²) in [5.74, 6) is 0.333. The van der Waals surface area contributed by atoms with Crippen molar-refractivity contribution >= 4 is 17.3 Å². The molecule has 0 spiro atoms. The maximum atomic E-state index is 12.0. The number of nitrogens with one attached hydrogen (secondary N) is 2. The van der Waals surface area contributed by atoms with Gasteiger partial charge in [0.2, 0.25) is 11.6 Å². The van der Waals surface area contributed by atoms with Gasteiger partial charge in [0.15, 0.2) is 0 Å². The van der Waals surface area contributed by atoms with Gasteiger partial charge in [-0.2, -0.15) is 0 Å². The molecule has 0 aliphatic heterocycles. The van der Waals surface area contributed by atoms with E-state index < -0.39 is 4.92 Å². The fourth-order valence-corrected chi connectivity index (χ4v) is 3.36. The van der Waals surface area contributed by atoms with Crippen LogP contribution in [0.4, 0.5) is 17.3 Å². The molecule has 0 aliphatic rings. The van der Waals surface area contributed by atoms with Crippen molar-refractivity contribution in [3.05, 3.63) is 124 Å². The number of rotatable bonds is 8. The highest BCUT2D eigenvalue weighted by atomic mass is 16.6. The van der Waals surface area contributed by atoms with Crippen LogP contribution in [0.15, 0.2) is 97.3 Å². The number of hydrogen-bond donors (Lipinski definition) is 2. The molecule has 31 heavy (non-hydrogen) atoms. The van der Waals surface area contributed by atoms with E-state index in [0.29, 0.717) is 6.54 Å². The van der Waals surface area contributed by atoms with Crippen molar-refractivity contribution in [2.75, 3.05) is 10.6 Å². The van der Waals surface area contributed by atoms with E-state index in [1.165, 1.54) is 6.33 Å². The Morgan fingerprint density at radius 2 is 1.29 bits per heavy atom. The zero-order valence-corrected chi connectivity index (χ0v) is 16.7. The van der Waals surface area contributed by atoms with Crippen molar-refractivity contribution in [2.24, 2.45) is 0 Å². The van der Waals surface area contributed by atoms with Gasteiger partial charge in [-0.15, -0.1) is 0 Å². The molecule has 0 amide bonds. The number of benzene rings is 3. The average Bonchev–Trinajstić information content (AvgIpc) is 2.83. The third kappa shape index (κ3) is 4.84. The molecular weight excluding hydrogens is 390 g/mol. The van der Waals surface area contributed by atoms with E-state index >= 15 is 0 Å². The SMILES string of the molecule is O=[N+]([O-])c1c(NCc2ccccc2)ncnc1NC(c1ccccc1)c1ccccc1. The molecule has 0 saturated heterocycles. The predicted octanol–water partition coefficient (Wildman–Crippen LogP) is 5.20. The number of nitrogens with zero attached hydrogens (tertiary/aromatic N) is 3. The van der Waals surface area contributed by atoms with Gasteiger partial charge in [-0.3, -0.25) is 10.1 Å². The van der Waals surface area contributed by atoms with Crippen LogP contribution in [0, 0.1) is 10.1 Å². The summed E-state index contributed by atoms with van der Waals surface area (Å²) in [6, 6.07) is 28.9. The zero-order chi connectivity index (χ0) is 21.5. The fourth-order valence-electron chi connectivity index (χ4n) is 3.36. The van der Waals surface area contributed by atoms with Crippen LogP contribution >= 0.6 is 0 Å². The molecule has 3 aromatic carbocycles. The molecule has 1 heterocycles. The van der Waals surface area contributed by atoms with Crippen molar-refractivity contribution in [3.63, 3.8) is 0 Å². The molecule has 0 fully saturated rings. The molecule has 0 saturated carbocycles. The predicted molar refractivity (Wildman–Crippen MR) is 121 cm³/mol. The van der Waals surface area contributed by atoms with E-state index in [9.17, 15) is 10.1 Å². The number of hydrogen-bond acceptors (Lipinski definition) is 6. The lowest BCUT2D eigenvalue weighted by atomic mass is 9.99. The van der Waals surface area contributed by atoms with Crippen LogP contribution in [0.5, 0.6) is 0 Å². The summed E-state index contributed by atoms with van der Waals surface area (Å²) >= 11 is 0. The van der Waals surface area contributed by atoms with E-state index in [1.54, 1.807) is 0 Å². The van der Waals surface area contributed by atoms with Gasteiger partial charge >= 0.3 is 5.69 Å². The van der Waals surface area contributed by atoms with Gasteiger partial charge in [-0.25, -0.2) is 9.97 Å². The minimum atomic E-state index is -0.456. The molecule has 0 aliphatic carbocycles. The molecule has 7 nitrogen and oxygen atoms in total. The lowest BCUT2D eigenvalue weighted by Crippen LogP contribution is -2.16. The van der Waals surface area contributed by atoms with Crippen LogP contribution < -0.4 is 10.6 Å². The summed E-state index contributed by atoms with van der Waals surface area (Å²) < 4.78 is 0. The third-order valence-corrected chi connectivity index (χ3v) is 4.85. The number of nitro groups is 1.